The van der Waals surface area contributed by atoms with Gasteiger partial charge >= 0.3 is 0 Å². The fourth-order valence-electron chi connectivity index (χ4n) is 1.44. The zero-order valence-electron chi connectivity index (χ0n) is 9.69. The molecule has 0 fully saturated rings. The van der Waals surface area contributed by atoms with Gasteiger partial charge in [-0.1, -0.05) is 5.16 Å². The van der Waals surface area contributed by atoms with Crippen LogP contribution in [0.5, 0.6) is 0 Å². The number of nitrogens with zero attached hydrogens (tertiary/aromatic N) is 4. The minimum Gasteiger partial charge on any atom is -0.340 e. The molecule has 6 nitrogen and oxygen atoms in total. The third kappa shape index (κ3) is 2.27. The van der Waals surface area contributed by atoms with Crippen molar-refractivity contribution in [3.63, 3.8) is 0 Å². The van der Waals surface area contributed by atoms with Gasteiger partial charge in [0.1, 0.15) is 0 Å². The second kappa shape index (κ2) is 4.44. The molecule has 0 aromatic carbocycles. The smallest absolute Gasteiger partial charge is 0.223 e. The number of rotatable bonds is 4. The molecule has 0 saturated carbocycles. The Morgan fingerprint density at radius 1 is 1.38 bits per heavy atom. The van der Waals surface area contributed by atoms with Crippen molar-refractivity contribution >= 4 is 0 Å². The Morgan fingerprint density at radius 3 is 2.75 bits per heavy atom. The second-order valence-electron chi connectivity index (χ2n) is 3.71. The van der Waals surface area contributed by atoms with E-state index in [0.29, 0.717) is 18.3 Å². The monoisotopic (exact) mass is 221 g/mol. The summed E-state index contributed by atoms with van der Waals surface area (Å²) in [5, 5.41) is 11.2. The highest BCUT2D eigenvalue weighted by atomic mass is 16.5. The summed E-state index contributed by atoms with van der Waals surface area (Å²) in [6, 6.07) is 0. The summed E-state index contributed by atoms with van der Waals surface area (Å²) in [6.45, 7) is 5.18. The molecule has 0 unspecified atom stereocenters. The quantitative estimate of drug-likeness (QED) is 0.823. The minimum atomic E-state index is 0.592. The van der Waals surface area contributed by atoms with Gasteiger partial charge in [0.2, 0.25) is 5.89 Å². The molecule has 0 bridgehead atoms. The van der Waals surface area contributed by atoms with E-state index in [1.807, 2.05) is 24.9 Å². The third-order valence-electron chi connectivity index (χ3n) is 2.51. The van der Waals surface area contributed by atoms with Crippen molar-refractivity contribution in [3.05, 3.63) is 29.2 Å². The number of nitrogens with one attached hydrogen (secondary N) is 1. The second-order valence-corrected chi connectivity index (χ2v) is 3.71. The van der Waals surface area contributed by atoms with Crippen molar-refractivity contribution in [1.29, 1.82) is 0 Å². The molecule has 6 heteroatoms. The van der Waals surface area contributed by atoms with Crippen molar-refractivity contribution in [2.45, 2.75) is 26.9 Å². The normalized spacial score (nSPS) is 10.9. The molecular formula is C10H15N5O. The maximum absolute atomic E-state index is 4.88. The van der Waals surface area contributed by atoms with Crippen LogP contribution in [-0.2, 0) is 20.1 Å². The average molecular weight is 221 g/mol. The average Bonchev–Trinajstić information content (AvgIpc) is 2.79. The van der Waals surface area contributed by atoms with Crippen molar-refractivity contribution < 1.29 is 4.52 Å². The van der Waals surface area contributed by atoms with E-state index in [4.69, 9.17) is 4.52 Å². The number of aryl methyl sites for hydroxylation is 2. The van der Waals surface area contributed by atoms with Crippen LogP contribution in [0.2, 0.25) is 0 Å². The molecule has 0 atom stereocenters. The lowest BCUT2D eigenvalue weighted by molar-refractivity contribution is 0.385. The van der Waals surface area contributed by atoms with E-state index in [-0.39, 0.29) is 0 Å². The van der Waals surface area contributed by atoms with Crippen LogP contribution in [0.25, 0.3) is 0 Å². The first-order valence-corrected chi connectivity index (χ1v) is 5.14. The van der Waals surface area contributed by atoms with Gasteiger partial charge in [-0.15, -0.1) is 0 Å². The highest BCUT2D eigenvalue weighted by Crippen LogP contribution is 2.05. The Balaban J connectivity index is 1.86. The van der Waals surface area contributed by atoms with Crippen molar-refractivity contribution in [2.24, 2.45) is 7.05 Å². The van der Waals surface area contributed by atoms with Gasteiger partial charge in [-0.3, -0.25) is 4.68 Å². The Labute approximate surface area is 93.7 Å². The predicted octanol–water partition coefficient (Wildman–Crippen LogP) is 0.710. The van der Waals surface area contributed by atoms with Crippen LogP contribution in [0, 0.1) is 13.8 Å². The van der Waals surface area contributed by atoms with Gasteiger partial charge in [-0.2, -0.15) is 10.1 Å². The van der Waals surface area contributed by atoms with E-state index >= 15 is 0 Å². The molecule has 2 aromatic rings. The number of hydrogen-bond acceptors (Lipinski definition) is 5. The van der Waals surface area contributed by atoms with Crippen molar-refractivity contribution in [2.75, 3.05) is 0 Å². The van der Waals surface area contributed by atoms with Crippen LogP contribution in [0.1, 0.15) is 23.0 Å². The maximum Gasteiger partial charge on any atom is 0.223 e. The van der Waals surface area contributed by atoms with E-state index in [1.165, 1.54) is 5.56 Å². The zero-order valence-corrected chi connectivity index (χ0v) is 9.69. The fourth-order valence-corrected chi connectivity index (χ4v) is 1.44. The van der Waals surface area contributed by atoms with Crippen LogP contribution >= 0.6 is 0 Å². The summed E-state index contributed by atoms with van der Waals surface area (Å²) in [4.78, 5) is 4.11. The van der Waals surface area contributed by atoms with Gasteiger partial charge in [0.25, 0.3) is 0 Å². The molecule has 1 N–H and O–H groups in total. The summed E-state index contributed by atoms with van der Waals surface area (Å²) in [5.74, 6) is 1.27. The first kappa shape index (κ1) is 10.8. The Kier molecular flexibility index (Phi) is 3.00. The molecule has 2 aromatic heterocycles. The molecule has 86 valence electrons. The molecule has 2 rings (SSSR count). The van der Waals surface area contributed by atoms with Gasteiger partial charge < -0.3 is 9.84 Å². The molecule has 0 saturated heterocycles. The van der Waals surface area contributed by atoms with Crippen LogP contribution in [0.3, 0.4) is 0 Å². The van der Waals surface area contributed by atoms with Crippen LogP contribution in [-0.4, -0.2) is 19.9 Å². The molecule has 16 heavy (non-hydrogen) atoms. The van der Waals surface area contributed by atoms with Gasteiger partial charge in [0, 0.05) is 31.8 Å². The number of aromatic nitrogens is 4. The Hall–Kier alpha value is -1.69. The molecular weight excluding hydrogens is 206 g/mol. The number of hydrogen-bond donors (Lipinski definition) is 1. The predicted molar refractivity (Wildman–Crippen MR) is 57.5 cm³/mol. The lowest BCUT2D eigenvalue weighted by atomic mass is 10.2. The van der Waals surface area contributed by atoms with E-state index < -0.39 is 0 Å². The molecule has 0 aliphatic rings. The van der Waals surface area contributed by atoms with E-state index in [2.05, 4.69) is 20.6 Å². The standard InChI is InChI=1S/C10H15N5O/c1-7-9(5-12-15(7)3)4-11-6-10-13-8(2)16-14-10/h5,11H,4,6H2,1-3H3. The third-order valence-corrected chi connectivity index (χ3v) is 2.51. The Morgan fingerprint density at radius 2 is 2.19 bits per heavy atom. The molecule has 0 aliphatic carbocycles. The largest absolute Gasteiger partial charge is 0.340 e. The minimum absolute atomic E-state index is 0.592. The lowest BCUT2D eigenvalue weighted by Crippen LogP contribution is -2.14. The van der Waals surface area contributed by atoms with Gasteiger partial charge in [0.05, 0.1) is 12.7 Å². The van der Waals surface area contributed by atoms with Crippen LogP contribution in [0.15, 0.2) is 10.7 Å². The topological polar surface area (TPSA) is 68.8 Å². The van der Waals surface area contributed by atoms with Crippen molar-refractivity contribution in [1.82, 2.24) is 25.2 Å². The van der Waals surface area contributed by atoms with Crippen LogP contribution < -0.4 is 5.32 Å². The molecule has 0 radical (unpaired) electrons. The van der Waals surface area contributed by atoms with Crippen LogP contribution in [0.4, 0.5) is 0 Å². The zero-order chi connectivity index (χ0) is 11.5. The fraction of sp³-hybridized carbons (Fsp3) is 0.500. The molecule has 0 spiro atoms. The lowest BCUT2D eigenvalue weighted by Gasteiger charge is -2.01. The summed E-state index contributed by atoms with van der Waals surface area (Å²) in [7, 11) is 1.93. The highest BCUT2D eigenvalue weighted by Gasteiger charge is 2.04. The van der Waals surface area contributed by atoms with E-state index in [9.17, 15) is 0 Å². The highest BCUT2D eigenvalue weighted by molar-refractivity contribution is 5.15. The summed E-state index contributed by atoms with van der Waals surface area (Å²) >= 11 is 0. The van der Waals surface area contributed by atoms with Gasteiger partial charge in [-0.25, -0.2) is 0 Å². The van der Waals surface area contributed by atoms with Crippen molar-refractivity contribution in [3.8, 4) is 0 Å². The van der Waals surface area contributed by atoms with E-state index in [1.54, 1.807) is 6.92 Å². The first-order valence-electron chi connectivity index (χ1n) is 5.14. The summed E-state index contributed by atoms with van der Waals surface area (Å²) in [6.07, 6.45) is 1.86. The Bertz CT molecular complexity index is 473. The van der Waals surface area contributed by atoms with Gasteiger partial charge in [0.15, 0.2) is 5.82 Å². The summed E-state index contributed by atoms with van der Waals surface area (Å²) < 4.78 is 6.73. The molecule has 0 aliphatic heterocycles. The van der Waals surface area contributed by atoms with Gasteiger partial charge in [-0.05, 0) is 6.92 Å². The SMILES string of the molecule is Cc1nc(CNCc2cnn(C)c2C)no1. The van der Waals surface area contributed by atoms with E-state index in [0.717, 1.165) is 12.2 Å². The molecule has 0 amide bonds. The summed E-state index contributed by atoms with van der Waals surface area (Å²) in [5.41, 5.74) is 2.35. The molecule has 2 heterocycles. The first-order chi connectivity index (χ1) is 7.66. The maximum atomic E-state index is 4.88.